The van der Waals surface area contributed by atoms with E-state index in [1.165, 1.54) is 31.4 Å². The lowest BCUT2D eigenvalue weighted by molar-refractivity contribution is 0.703. The average Bonchev–Trinajstić information content (AvgIpc) is 1.91. The molecule has 2 heteroatoms. The summed E-state index contributed by atoms with van der Waals surface area (Å²) in [6.07, 6.45) is 7.93. The summed E-state index contributed by atoms with van der Waals surface area (Å²) >= 11 is 2.37. The van der Waals surface area contributed by atoms with Gasteiger partial charge in [0.05, 0.1) is 0 Å². The molecule has 0 saturated carbocycles. The molecule has 0 aliphatic heterocycles. The molecular weight excluding hydrogens is 243 g/mol. The molecule has 0 N–H and O–H groups in total. The Hall–Kier alpha value is 0.820. The molecule has 0 bridgehead atoms. The molecule has 1 aliphatic carbocycles. The second kappa shape index (κ2) is 4.61. The Bertz CT molecular complexity index is 109. The molecular formula is C7H11IS. The maximum Gasteiger partial charge on any atom is 0.0244 e. The van der Waals surface area contributed by atoms with Gasteiger partial charge in [0.1, 0.15) is 0 Å². The van der Waals surface area contributed by atoms with Crippen molar-refractivity contribution in [2.75, 3.05) is 5.75 Å². The molecule has 0 spiro atoms. The lowest BCUT2D eigenvalue weighted by Gasteiger charge is -2.09. The van der Waals surface area contributed by atoms with Gasteiger partial charge in [-0.05, 0) is 46.9 Å². The van der Waals surface area contributed by atoms with Crippen LogP contribution in [0.3, 0.4) is 0 Å². The number of rotatable bonds is 2. The smallest absolute Gasteiger partial charge is 0.0244 e. The van der Waals surface area contributed by atoms with E-state index in [1.807, 2.05) is 8.93 Å². The monoisotopic (exact) mass is 254 g/mol. The predicted octanol–water partition coefficient (Wildman–Crippen LogP) is 3.57. The summed E-state index contributed by atoms with van der Waals surface area (Å²) in [5.41, 5.74) is 1.67. The maximum absolute atomic E-state index is 2.41. The zero-order valence-electron chi connectivity index (χ0n) is 5.40. The number of halogens is 1. The molecule has 0 unspecified atom stereocenters. The van der Waals surface area contributed by atoms with Crippen molar-refractivity contribution in [3.8, 4) is 0 Å². The van der Waals surface area contributed by atoms with Crippen LogP contribution in [0.1, 0.15) is 25.7 Å². The molecule has 0 nitrogen and oxygen atoms in total. The third-order valence-corrected chi connectivity index (χ3v) is 3.04. The lowest BCUT2D eigenvalue weighted by atomic mass is 10.0. The van der Waals surface area contributed by atoms with E-state index in [0.717, 1.165) is 0 Å². The Morgan fingerprint density at radius 3 is 3.00 bits per heavy atom. The Morgan fingerprint density at radius 1 is 1.56 bits per heavy atom. The SMILES string of the molecule is ISCC1=CCCCC1. The minimum atomic E-state index is 1.25. The highest BCUT2D eigenvalue weighted by molar-refractivity contribution is 14.2. The van der Waals surface area contributed by atoms with Crippen LogP contribution in [0.4, 0.5) is 0 Å². The van der Waals surface area contributed by atoms with Crippen LogP contribution in [-0.4, -0.2) is 5.75 Å². The van der Waals surface area contributed by atoms with E-state index in [4.69, 9.17) is 0 Å². The molecule has 9 heavy (non-hydrogen) atoms. The third kappa shape index (κ3) is 2.94. The van der Waals surface area contributed by atoms with Crippen molar-refractivity contribution in [2.45, 2.75) is 25.7 Å². The van der Waals surface area contributed by atoms with Gasteiger partial charge in [-0.15, -0.1) is 0 Å². The summed E-state index contributed by atoms with van der Waals surface area (Å²) in [7, 11) is 1.91. The first-order chi connectivity index (χ1) is 4.43. The second-order valence-corrected chi connectivity index (χ2v) is 4.74. The van der Waals surface area contributed by atoms with Gasteiger partial charge in [-0.25, -0.2) is 0 Å². The van der Waals surface area contributed by atoms with Gasteiger partial charge >= 0.3 is 0 Å². The zero-order valence-corrected chi connectivity index (χ0v) is 8.37. The third-order valence-electron chi connectivity index (χ3n) is 1.62. The fourth-order valence-corrected chi connectivity index (χ4v) is 2.71. The molecule has 52 valence electrons. The second-order valence-electron chi connectivity index (χ2n) is 2.36. The van der Waals surface area contributed by atoms with Crippen LogP contribution >= 0.6 is 30.1 Å². The summed E-state index contributed by atoms with van der Waals surface area (Å²) in [6, 6.07) is 0. The first-order valence-electron chi connectivity index (χ1n) is 3.35. The van der Waals surface area contributed by atoms with Crippen molar-refractivity contribution in [2.24, 2.45) is 0 Å². The molecule has 0 aromatic carbocycles. The summed E-state index contributed by atoms with van der Waals surface area (Å²) < 4.78 is 0. The Kier molecular flexibility index (Phi) is 4.06. The van der Waals surface area contributed by atoms with E-state index in [-0.39, 0.29) is 0 Å². The molecule has 0 heterocycles. The van der Waals surface area contributed by atoms with Gasteiger partial charge in [0, 0.05) is 5.75 Å². The first kappa shape index (κ1) is 7.92. The standard InChI is InChI=1S/C7H11IS/c8-9-6-7-4-2-1-3-5-7/h4H,1-3,5-6H2. The Balaban J connectivity index is 2.28. The van der Waals surface area contributed by atoms with Gasteiger partial charge in [-0.2, -0.15) is 0 Å². The van der Waals surface area contributed by atoms with Crippen LogP contribution in [0, 0.1) is 0 Å². The first-order valence-corrected chi connectivity index (χ1v) is 6.88. The molecule has 0 saturated heterocycles. The highest BCUT2D eigenvalue weighted by Crippen LogP contribution is 2.23. The van der Waals surface area contributed by atoms with E-state index in [1.54, 1.807) is 5.57 Å². The van der Waals surface area contributed by atoms with Crippen molar-refractivity contribution in [3.05, 3.63) is 11.6 Å². The van der Waals surface area contributed by atoms with Crippen LogP contribution in [0.15, 0.2) is 11.6 Å². The highest BCUT2D eigenvalue weighted by Gasteiger charge is 2.01. The van der Waals surface area contributed by atoms with Crippen LogP contribution in [0.5, 0.6) is 0 Å². The van der Waals surface area contributed by atoms with E-state index >= 15 is 0 Å². The molecule has 0 aromatic rings. The van der Waals surface area contributed by atoms with Gasteiger partial charge < -0.3 is 0 Å². The van der Waals surface area contributed by atoms with E-state index < -0.39 is 0 Å². The molecule has 1 aliphatic rings. The van der Waals surface area contributed by atoms with Crippen molar-refractivity contribution in [1.82, 2.24) is 0 Å². The zero-order chi connectivity index (χ0) is 6.53. The van der Waals surface area contributed by atoms with E-state index in [2.05, 4.69) is 27.3 Å². The minimum Gasteiger partial charge on any atom is -0.0849 e. The van der Waals surface area contributed by atoms with Crippen molar-refractivity contribution < 1.29 is 0 Å². The van der Waals surface area contributed by atoms with E-state index in [9.17, 15) is 0 Å². The fraction of sp³-hybridized carbons (Fsp3) is 0.714. The normalized spacial score (nSPS) is 19.4. The Labute approximate surface area is 73.1 Å². The number of allylic oxidation sites excluding steroid dienone is 1. The lowest BCUT2D eigenvalue weighted by Crippen LogP contribution is -1.92. The van der Waals surface area contributed by atoms with Crippen molar-refractivity contribution in [1.29, 1.82) is 0 Å². The molecule has 1 rings (SSSR count). The van der Waals surface area contributed by atoms with Crippen LogP contribution in [-0.2, 0) is 0 Å². The minimum absolute atomic E-state index is 1.25. The van der Waals surface area contributed by atoms with Crippen molar-refractivity contribution >= 4 is 30.1 Å². The maximum atomic E-state index is 2.41. The average molecular weight is 254 g/mol. The molecule has 0 amide bonds. The summed E-state index contributed by atoms with van der Waals surface area (Å²) in [5.74, 6) is 1.25. The van der Waals surface area contributed by atoms with Gasteiger partial charge in [-0.1, -0.05) is 20.6 Å². The Morgan fingerprint density at radius 2 is 2.44 bits per heavy atom. The van der Waals surface area contributed by atoms with Crippen LogP contribution in [0.2, 0.25) is 0 Å². The highest BCUT2D eigenvalue weighted by atomic mass is 127. The molecule has 0 atom stereocenters. The van der Waals surface area contributed by atoms with E-state index in [0.29, 0.717) is 0 Å². The quantitative estimate of drug-likeness (QED) is 0.536. The fourth-order valence-electron chi connectivity index (χ4n) is 1.11. The molecule has 0 fully saturated rings. The van der Waals surface area contributed by atoms with Crippen molar-refractivity contribution in [3.63, 3.8) is 0 Å². The predicted molar refractivity (Wildman–Crippen MR) is 53.0 cm³/mol. The molecule has 0 aromatic heterocycles. The largest absolute Gasteiger partial charge is 0.0849 e. The number of hydrogen-bond acceptors (Lipinski definition) is 1. The van der Waals surface area contributed by atoms with Crippen LogP contribution < -0.4 is 0 Å². The topological polar surface area (TPSA) is 0 Å². The van der Waals surface area contributed by atoms with Gasteiger partial charge in [0.15, 0.2) is 0 Å². The van der Waals surface area contributed by atoms with Crippen LogP contribution in [0.25, 0.3) is 0 Å². The van der Waals surface area contributed by atoms with Gasteiger partial charge in [-0.3, -0.25) is 0 Å². The summed E-state index contributed by atoms with van der Waals surface area (Å²) in [5, 5.41) is 0. The van der Waals surface area contributed by atoms with Gasteiger partial charge in [0.2, 0.25) is 0 Å². The summed E-state index contributed by atoms with van der Waals surface area (Å²) in [4.78, 5) is 0. The number of hydrogen-bond donors (Lipinski definition) is 0. The van der Waals surface area contributed by atoms with Gasteiger partial charge in [0.25, 0.3) is 0 Å². The molecule has 0 radical (unpaired) electrons. The summed E-state index contributed by atoms with van der Waals surface area (Å²) in [6.45, 7) is 0.